The Balaban J connectivity index is 1.51. The Morgan fingerprint density at radius 2 is 1.89 bits per heavy atom. The summed E-state index contributed by atoms with van der Waals surface area (Å²) in [5, 5.41) is 9.91. The molecule has 0 atom stereocenters. The van der Waals surface area contributed by atoms with Crippen LogP contribution in [-0.2, 0) is 24.4 Å². The lowest BCUT2D eigenvalue weighted by Crippen LogP contribution is -2.34. The van der Waals surface area contributed by atoms with E-state index in [0.29, 0.717) is 32.1 Å². The lowest BCUT2D eigenvalue weighted by atomic mass is 10.1. The number of hydrogen-bond donors (Lipinski definition) is 2. The fourth-order valence-electron chi connectivity index (χ4n) is 2.60. The second kappa shape index (κ2) is 9.49. The molecule has 0 aliphatic carbocycles. The van der Waals surface area contributed by atoms with Gasteiger partial charge in [0.15, 0.2) is 5.82 Å². The number of nitrogens with zero attached hydrogens (tertiary/aromatic N) is 3. The van der Waals surface area contributed by atoms with Crippen molar-refractivity contribution in [1.82, 2.24) is 25.4 Å². The second-order valence-electron chi connectivity index (χ2n) is 5.91. The van der Waals surface area contributed by atoms with E-state index >= 15 is 0 Å². The van der Waals surface area contributed by atoms with Crippen molar-refractivity contribution in [3.8, 4) is 5.82 Å². The van der Waals surface area contributed by atoms with Gasteiger partial charge in [0, 0.05) is 38.3 Å². The molecule has 140 valence electrons. The molecule has 1 aromatic carbocycles. The van der Waals surface area contributed by atoms with E-state index in [4.69, 9.17) is 4.74 Å². The van der Waals surface area contributed by atoms with Crippen LogP contribution >= 0.6 is 0 Å². The van der Waals surface area contributed by atoms with Crippen molar-refractivity contribution in [3.63, 3.8) is 0 Å². The molecule has 2 aromatic heterocycles. The minimum Gasteiger partial charge on any atom is -0.377 e. The predicted molar refractivity (Wildman–Crippen MR) is 102 cm³/mol. The van der Waals surface area contributed by atoms with Crippen LogP contribution < -0.4 is 10.6 Å². The Labute approximate surface area is 158 Å². The van der Waals surface area contributed by atoms with E-state index in [1.165, 1.54) is 0 Å². The molecule has 0 saturated carbocycles. The minimum absolute atomic E-state index is 0.223. The Kier molecular flexibility index (Phi) is 6.54. The zero-order chi connectivity index (χ0) is 18.9. The van der Waals surface area contributed by atoms with Crippen LogP contribution in [0.1, 0.15) is 23.6 Å². The highest BCUT2D eigenvalue weighted by Gasteiger charge is 2.06. The van der Waals surface area contributed by atoms with Crippen molar-refractivity contribution >= 4 is 6.03 Å². The van der Waals surface area contributed by atoms with Crippen LogP contribution in [0.3, 0.4) is 0 Å². The minimum atomic E-state index is -0.223. The van der Waals surface area contributed by atoms with Gasteiger partial charge in [-0.25, -0.2) is 14.5 Å². The number of aromatic nitrogens is 3. The van der Waals surface area contributed by atoms with Gasteiger partial charge in [0.25, 0.3) is 0 Å². The number of rotatable bonds is 8. The molecule has 2 amide bonds. The smallest absolute Gasteiger partial charge is 0.315 e. The highest BCUT2D eigenvalue weighted by atomic mass is 16.5. The van der Waals surface area contributed by atoms with Gasteiger partial charge in [-0.15, -0.1) is 0 Å². The molecular weight excluding hydrogens is 342 g/mol. The normalized spacial score (nSPS) is 10.6. The fourth-order valence-corrected chi connectivity index (χ4v) is 2.60. The van der Waals surface area contributed by atoms with Crippen molar-refractivity contribution in [3.05, 3.63) is 77.7 Å². The maximum absolute atomic E-state index is 12.1. The van der Waals surface area contributed by atoms with Gasteiger partial charge >= 0.3 is 6.03 Å². The second-order valence-corrected chi connectivity index (χ2v) is 5.91. The fraction of sp³-hybridized carbons (Fsp3) is 0.250. The number of pyridine rings is 1. The number of hydrogen-bond acceptors (Lipinski definition) is 4. The first-order valence-corrected chi connectivity index (χ1v) is 8.87. The molecule has 0 aliphatic heterocycles. The molecule has 0 fully saturated rings. The Hall–Kier alpha value is -3.19. The first-order chi connectivity index (χ1) is 13.3. The van der Waals surface area contributed by atoms with Crippen LogP contribution in [0, 0.1) is 0 Å². The number of carbonyl (C=O) groups is 1. The molecule has 27 heavy (non-hydrogen) atoms. The number of urea groups is 1. The van der Waals surface area contributed by atoms with Crippen molar-refractivity contribution in [2.45, 2.75) is 26.6 Å². The van der Waals surface area contributed by atoms with Gasteiger partial charge in [0.2, 0.25) is 0 Å². The molecule has 0 spiro atoms. The Morgan fingerprint density at radius 3 is 2.67 bits per heavy atom. The standard InChI is InChI=1S/C20H23N5O2/c1-2-27-15-18-7-4-3-6-17(18)14-23-20(26)22-13-16-8-10-21-19(12-16)25-11-5-9-24-25/h3-12H,2,13-15H2,1H3,(H2,22,23,26). The highest BCUT2D eigenvalue weighted by molar-refractivity contribution is 5.73. The van der Waals surface area contributed by atoms with Crippen molar-refractivity contribution in [1.29, 1.82) is 0 Å². The predicted octanol–water partition coefficient (Wildman–Crippen LogP) is 2.80. The summed E-state index contributed by atoms with van der Waals surface area (Å²) >= 11 is 0. The van der Waals surface area contributed by atoms with Gasteiger partial charge in [-0.2, -0.15) is 5.10 Å². The summed E-state index contributed by atoms with van der Waals surface area (Å²) in [6.07, 6.45) is 5.23. The zero-order valence-electron chi connectivity index (χ0n) is 15.3. The lowest BCUT2D eigenvalue weighted by molar-refractivity contribution is 0.133. The van der Waals surface area contributed by atoms with E-state index in [2.05, 4.69) is 20.7 Å². The maximum Gasteiger partial charge on any atom is 0.315 e. The van der Waals surface area contributed by atoms with Crippen LogP contribution in [-0.4, -0.2) is 27.4 Å². The number of nitrogens with one attached hydrogen (secondary N) is 2. The van der Waals surface area contributed by atoms with E-state index in [-0.39, 0.29) is 6.03 Å². The topological polar surface area (TPSA) is 81.1 Å². The zero-order valence-corrected chi connectivity index (χ0v) is 15.3. The molecule has 7 heteroatoms. The number of benzene rings is 1. The maximum atomic E-state index is 12.1. The summed E-state index contributed by atoms with van der Waals surface area (Å²) in [5.41, 5.74) is 3.08. The van der Waals surface area contributed by atoms with Gasteiger partial charge in [-0.05, 0) is 41.8 Å². The van der Waals surface area contributed by atoms with Crippen LogP contribution in [0.2, 0.25) is 0 Å². The summed E-state index contributed by atoms with van der Waals surface area (Å²) < 4.78 is 7.15. The molecule has 3 aromatic rings. The van der Waals surface area contributed by atoms with Crippen LogP contribution in [0.4, 0.5) is 4.79 Å². The first kappa shape index (κ1) is 18.6. The van der Waals surface area contributed by atoms with E-state index in [9.17, 15) is 4.79 Å². The van der Waals surface area contributed by atoms with Gasteiger partial charge < -0.3 is 15.4 Å². The molecule has 0 saturated heterocycles. The average Bonchev–Trinajstić information content (AvgIpc) is 3.25. The van der Waals surface area contributed by atoms with Gasteiger partial charge in [0.1, 0.15) is 0 Å². The van der Waals surface area contributed by atoms with Gasteiger partial charge in [0.05, 0.1) is 6.61 Å². The van der Waals surface area contributed by atoms with E-state index in [1.807, 2.05) is 55.6 Å². The summed E-state index contributed by atoms with van der Waals surface area (Å²) in [7, 11) is 0. The van der Waals surface area contributed by atoms with Gasteiger partial charge in [-0.1, -0.05) is 24.3 Å². The summed E-state index contributed by atoms with van der Waals surface area (Å²) in [4.78, 5) is 16.4. The summed E-state index contributed by atoms with van der Waals surface area (Å²) in [6.45, 7) is 4.02. The number of amides is 2. The third-order valence-corrected chi connectivity index (χ3v) is 4.02. The SMILES string of the molecule is CCOCc1ccccc1CNC(=O)NCc1ccnc(-n2cccn2)c1. The molecule has 2 N–H and O–H groups in total. The Morgan fingerprint density at radius 1 is 1.07 bits per heavy atom. The number of carbonyl (C=O) groups excluding carboxylic acids is 1. The lowest BCUT2D eigenvalue weighted by Gasteiger charge is -2.12. The molecule has 2 heterocycles. The molecule has 0 unspecified atom stereocenters. The quantitative estimate of drug-likeness (QED) is 0.643. The van der Waals surface area contributed by atoms with Crippen molar-refractivity contribution < 1.29 is 9.53 Å². The average molecular weight is 365 g/mol. The summed E-state index contributed by atoms with van der Waals surface area (Å²) in [5.74, 6) is 0.713. The first-order valence-electron chi connectivity index (χ1n) is 8.87. The van der Waals surface area contributed by atoms with Crippen molar-refractivity contribution in [2.75, 3.05) is 6.61 Å². The summed E-state index contributed by atoms with van der Waals surface area (Å²) in [6, 6.07) is 13.3. The Bertz CT molecular complexity index is 864. The van der Waals surface area contributed by atoms with Crippen LogP contribution in [0.15, 0.2) is 61.1 Å². The van der Waals surface area contributed by atoms with E-state index in [0.717, 1.165) is 16.7 Å². The van der Waals surface area contributed by atoms with E-state index in [1.54, 1.807) is 17.1 Å². The molecule has 3 rings (SSSR count). The highest BCUT2D eigenvalue weighted by Crippen LogP contribution is 2.10. The third kappa shape index (κ3) is 5.39. The van der Waals surface area contributed by atoms with E-state index < -0.39 is 0 Å². The molecule has 0 radical (unpaired) electrons. The van der Waals surface area contributed by atoms with Crippen LogP contribution in [0.5, 0.6) is 0 Å². The number of ether oxygens (including phenoxy) is 1. The van der Waals surface area contributed by atoms with Crippen LogP contribution in [0.25, 0.3) is 5.82 Å². The largest absolute Gasteiger partial charge is 0.377 e. The monoisotopic (exact) mass is 365 g/mol. The molecule has 0 aliphatic rings. The molecular formula is C20H23N5O2. The van der Waals surface area contributed by atoms with Gasteiger partial charge in [-0.3, -0.25) is 0 Å². The molecule has 7 nitrogen and oxygen atoms in total. The van der Waals surface area contributed by atoms with Crippen molar-refractivity contribution in [2.24, 2.45) is 0 Å². The third-order valence-electron chi connectivity index (χ3n) is 4.02. The molecule has 0 bridgehead atoms.